The number of hydrogen-bond donors (Lipinski definition) is 1. The van der Waals surface area contributed by atoms with Crippen LogP contribution >= 0.6 is 0 Å². The number of rotatable bonds is 2. The Morgan fingerprint density at radius 2 is 1.87 bits per heavy atom. The van der Waals surface area contributed by atoms with Gasteiger partial charge in [0.15, 0.2) is 0 Å². The molecular weight excluding hydrogens is 216 g/mol. The second-order valence-corrected chi connectivity index (χ2v) is 5.59. The van der Waals surface area contributed by atoms with Crippen LogP contribution in [0.1, 0.15) is 20.8 Å². The van der Waals surface area contributed by atoms with Crippen molar-refractivity contribution in [3.8, 4) is 5.75 Å². The first-order chi connectivity index (χ1) is 6.68. The zero-order chi connectivity index (χ0) is 11.7. The smallest absolute Gasteiger partial charge is 0.294 e. The van der Waals surface area contributed by atoms with Crippen molar-refractivity contribution in [2.24, 2.45) is 0 Å². The molecule has 0 aliphatic heterocycles. The van der Waals surface area contributed by atoms with E-state index in [2.05, 4.69) is 0 Å². The maximum Gasteiger partial charge on any atom is 0.294 e. The molecule has 0 saturated heterocycles. The highest BCUT2D eigenvalue weighted by atomic mass is 32.2. The van der Waals surface area contributed by atoms with Crippen molar-refractivity contribution in [2.75, 3.05) is 0 Å². The van der Waals surface area contributed by atoms with Gasteiger partial charge in [-0.15, -0.1) is 0 Å². The molecule has 0 aliphatic rings. The summed E-state index contributed by atoms with van der Waals surface area (Å²) < 4.78 is 36.0. The predicted molar refractivity (Wildman–Crippen MR) is 56.6 cm³/mol. The molecule has 0 heterocycles. The third-order valence-corrected chi connectivity index (χ3v) is 2.38. The predicted octanol–water partition coefficient (Wildman–Crippen LogP) is 2.11. The van der Waals surface area contributed by atoms with Crippen molar-refractivity contribution in [1.29, 1.82) is 0 Å². The Morgan fingerprint density at radius 1 is 1.27 bits per heavy atom. The van der Waals surface area contributed by atoms with Gasteiger partial charge >= 0.3 is 0 Å². The van der Waals surface area contributed by atoms with Gasteiger partial charge in [0.25, 0.3) is 10.1 Å². The quantitative estimate of drug-likeness (QED) is 0.790. The molecule has 0 spiro atoms. The molecule has 1 N–H and O–H groups in total. The van der Waals surface area contributed by atoms with E-state index in [9.17, 15) is 8.42 Å². The molecule has 1 rings (SSSR count). The van der Waals surface area contributed by atoms with E-state index in [1.807, 2.05) is 20.8 Å². The average molecular weight is 230 g/mol. The molecule has 1 aromatic rings. The maximum atomic E-state index is 10.9. The Morgan fingerprint density at radius 3 is 2.33 bits per heavy atom. The summed E-state index contributed by atoms with van der Waals surface area (Å²) in [6.45, 7) is 5.56. The van der Waals surface area contributed by atoms with Gasteiger partial charge in [-0.3, -0.25) is 4.55 Å². The third kappa shape index (κ3) is 3.89. The standard InChI is InChI=1S/C10H14O4S/c1-10(2,3)14-8-5-4-6-9(7-8)15(11,12)13/h4-7H,1-3H3,(H,11,12,13). The average Bonchev–Trinajstić information content (AvgIpc) is 1.99. The normalized spacial score (nSPS) is 12.5. The van der Waals surface area contributed by atoms with E-state index in [0.29, 0.717) is 5.75 Å². The van der Waals surface area contributed by atoms with Crippen LogP contribution in [0.25, 0.3) is 0 Å². The van der Waals surface area contributed by atoms with Crippen molar-refractivity contribution >= 4 is 10.1 Å². The number of ether oxygens (including phenoxy) is 1. The summed E-state index contributed by atoms with van der Waals surface area (Å²) in [5, 5.41) is 0. The lowest BCUT2D eigenvalue weighted by atomic mass is 10.2. The Kier molecular flexibility index (Phi) is 3.06. The summed E-state index contributed by atoms with van der Waals surface area (Å²) in [5.41, 5.74) is -0.405. The van der Waals surface area contributed by atoms with E-state index in [4.69, 9.17) is 9.29 Å². The zero-order valence-corrected chi connectivity index (χ0v) is 9.71. The van der Waals surface area contributed by atoms with Gasteiger partial charge in [0.1, 0.15) is 11.4 Å². The molecule has 0 amide bonds. The number of benzene rings is 1. The highest BCUT2D eigenvalue weighted by molar-refractivity contribution is 7.85. The first kappa shape index (κ1) is 12.0. The SMILES string of the molecule is CC(C)(C)Oc1cccc(S(=O)(=O)O)c1. The Balaban J connectivity index is 3.04. The van der Waals surface area contributed by atoms with Crippen molar-refractivity contribution in [3.05, 3.63) is 24.3 Å². The van der Waals surface area contributed by atoms with Crippen LogP contribution in [0.2, 0.25) is 0 Å². The van der Waals surface area contributed by atoms with Crippen molar-refractivity contribution in [3.63, 3.8) is 0 Å². The summed E-state index contributed by atoms with van der Waals surface area (Å²) in [5.74, 6) is 0.414. The van der Waals surface area contributed by atoms with Crippen molar-refractivity contribution < 1.29 is 17.7 Å². The lowest BCUT2D eigenvalue weighted by molar-refractivity contribution is 0.130. The topological polar surface area (TPSA) is 63.6 Å². The fourth-order valence-electron chi connectivity index (χ4n) is 1.05. The second-order valence-electron chi connectivity index (χ2n) is 4.16. The third-order valence-electron chi connectivity index (χ3n) is 1.53. The van der Waals surface area contributed by atoms with Gasteiger partial charge in [-0.25, -0.2) is 0 Å². The van der Waals surface area contributed by atoms with Crippen LogP contribution < -0.4 is 4.74 Å². The van der Waals surface area contributed by atoms with Crippen LogP contribution in [0.4, 0.5) is 0 Å². The molecule has 1 aromatic carbocycles. The maximum absolute atomic E-state index is 10.9. The molecule has 15 heavy (non-hydrogen) atoms. The van der Waals surface area contributed by atoms with Crippen LogP contribution in [-0.4, -0.2) is 18.6 Å². The second kappa shape index (κ2) is 3.83. The summed E-state index contributed by atoms with van der Waals surface area (Å²) >= 11 is 0. The first-order valence-electron chi connectivity index (χ1n) is 4.45. The highest BCUT2D eigenvalue weighted by Crippen LogP contribution is 2.21. The molecule has 0 unspecified atom stereocenters. The van der Waals surface area contributed by atoms with Crippen LogP contribution in [0.3, 0.4) is 0 Å². The van der Waals surface area contributed by atoms with Crippen LogP contribution in [-0.2, 0) is 10.1 Å². The van der Waals surface area contributed by atoms with Crippen LogP contribution in [0.15, 0.2) is 29.2 Å². The minimum atomic E-state index is -4.16. The van der Waals surface area contributed by atoms with Gasteiger partial charge in [0, 0.05) is 6.07 Å². The minimum Gasteiger partial charge on any atom is -0.488 e. The van der Waals surface area contributed by atoms with Gasteiger partial charge in [0.2, 0.25) is 0 Å². The fourth-order valence-corrected chi connectivity index (χ4v) is 1.57. The van der Waals surface area contributed by atoms with E-state index >= 15 is 0 Å². The van der Waals surface area contributed by atoms with Gasteiger partial charge in [-0.2, -0.15) is 8.42 Å². The lowest BCUT2D eigenvalue weighted by Gasteiger charge is -2.21. The van der Waals surface area contributed by atoms with Crippen LogP contribution in [0.5, 0.6) is 5.75 Å². The van der Waals surface area contributed by atoms with Crippen molar-refractivity contribution in [1.82, 2.24) is 0 Å². The summed E-state index contributed by atoms with van der Waals surface area (Å²) in [6.07, 6.45) is 0. The van der Waals surface area contributed by atoms with Gasteiger partial charge < -0.3 is 4.74 Å². The zero-order valence-electron chi connectivity index (χ0n) is 8.89. The summed E-state index contributed by atoms with van der Waals surface area (Å²) in [6, 6.07) is 5.76. The Labute approximate surface area is 89.6 Å². The number of hydrogen-bond acceptors (Lipinski definition) is 3. The highest BCUT2D eigenvalue weighted by Gasteiger charge is 2.14. The Hall–Kier alpha value is -1.07. The summed E-state index contributed by atoms with van der Waals surface area (Å²) in [7, 11) is -4.16. The fraction of sp³-hybridized carbons (Fsp3) is 0.400. The molecule has 0 atom stereocenters. The first-order valence-corrected chi connectivity index (χ1v) is 5.89. The molecular formula is C10H14O4S. The van der Waals surface area contributed by atoms with E-state index in [0.717, 1.165) is 0 Å². The van der Waals surface area contributed by atoms with Crippen molar-refractivity contribution in [2.45, 2.75) is 31.3 Å². The monoisotopic (exact) mass is 230 g/mol. The molecule has 84 valence electrons. The molecule has 0 saturated carbocycles. The molecule has 0 fully saturated rings. The summed E-state index contributed by atoms with van der Waals surface area (Å²) in [4.78, 5) is -0.163. The lowest BCUT2D eigenvalue weighted by Crippen LogP contribution is -2.23. The van der Waals surface area contributed by atoms with Gasteiger partial charge in [-0.05, 0) is 32.9 Å². The molecule has 0 radical (unpaired) electrons. The van der Waals surface area contributed by atoms with Crippen LogP contribution in [0, 0.1) is 0 Å². The largest absolute Gasteiger partial charge is 0.488 e. The van der Waals surface area contributed by atoms with E-state index in [1.54, 1.807) is 6.07 Å². The molecule has 0 bridgehead atoms. The Bertz CT molecular complexity index is 443. The molecule has 0 aromatic heterocycles. The van der Waals surface area contributed by atoms with Gasteiger partial charge in [0.05, 0.1) is 4.90 Å². The minimum absolute atomic E-state index is 0.163. The van der Waals surface area contributed by atoms with E-state index < -0.39 is 15.7 Å². The van der Waals surface area contributed by atoms with Gasteiger partial charge in [-0.1, -0.05) is 6.07 Å². The van der Waals surface area contributed by atoms with E-state index in [1.165, 1.54) is 18.2 Å². The molecule has 4 nitrogen and oxygen atoms in total. The molecule has 0 aliphatic carbocycles. The van der Waals surface area contributed by atoms with E-state index in [-0.39, 0.29) is 4.90 Å². The molecule has 5 heteroatoms.